The number of benzene rings is 1. The highest BCUT2D eigenvalue weighted by atomic mass is 79.9. The molecule has 1 amide bonds. The Balaban J connectivity index is 2.94. The number of nitrogens with one attached hydrogen (secondary N) is 1. The van der Waals surface area contributed by atoms with Crippen LogP contribution >= 0.6 is 15.9 Å². The van der Waals surface area contributed by atoms with Crippen LogP contribution < -0.4 is 11.2 Å². The number of anilines is 1. The van der Waals surface area contributed by atoms with E-state index in [4.69, 9.17) is 11.0 Å². The number of hydrogen-bond donors (Lipinski definition) is 2. The van der Waals surface area contributed by atoms with E-state index < -0.39 is 17.4 Å². The van der Waals surface area contributed by atoms with E-state index in [-0.39, 0.29) is 5.69 Å². The van der Waals surface area contributed by atoms with Crippen LogP contribution in [0.4, 0.5) is 10.1 Å². The molecule has 0 atom stereocenters. The standard InChI is InChI=1S/C9H6BrFN4O/c10-6-2-1-5(11)3-7(6)14-15-8(4-12)9(13)16/h1-3,14H,(H2,13,16). The van der Waals surface area contributed by atoms with Crippen LogP contribution in [0.1, 0.15) is 0 Å². The van der Waals surface area contributed by atoms with Gasteiger partial charge < -0.3 is 5.73 Å². The summed E-state index contributed by atoms with van der Waals surface area (Å²) < 4.78 is 13.4. The number of rotatable bonds is 3. The number of carbonyl (C=O) groups is 1. The highest BCUT2D eigenvalue weighted by Crippen LogP contribution is 2.22. The molecule has 0 aromatic heterocycles. The van der Waals surface area contributed by atoms with Crippen LogP contribution in [-0.2, 0) is 4.79 Å². The molecule has 1 aromatic rings. The van der Waals surface area contributed by atoms with Crippen molar-refractivity contribution in [1.82, 2.24) is 0 Å². The van der Waals surface area contributed by atoms with Crippen molar-refractivity contribution in [2.75, 3.05) is 5.43 Å². The molecule has 0 spiro atoms. The highest BCUT2D eigenvalue weighted by Gasteiger charge is 2.06. The van der Waals surface area contributed by atoms with Gasteiger partial charge in [0.2, 0.25) is 5.71 Å². The minimum Gasteiger partial charge on any atom is -0.364 e. The maximum Gasteiger partial charge on any atom is 0.280 e. The van der Waals surface area contributed by atoms with Gasteiger partial charge in [-0.1, -0.05) is 0 Å². The quantitative estimate of drug-likeness (QED) is 0.649. The highest BCUT2D eigenvalue weighted by molar-refractivity contribution is 9.10. The summed E-state index contributed by atoms with van der Waals surface area (Å²) in [7, 11) is 0. The van der Waals surface area contributed by atoms with Gasteiger partial charge in [-0.2, -0.15) is 10.4 Å². The van der Waals surface area contributed by atoms with Gasteiger partial charge >= 0.3 is 0 Å². The Hall–Kier alpha value is -1.94. The van der Waals surface area contributed by atoms with Crippen molar-refractivity contribution in [3.8, 4) is 6.07 Å². The summed E-state index contributed by atoms with van der Waals surface area (Å²) in [6, 6.07) is 5.38. The zero-order chi connectivity index (χ0) is 12.1. The van der Waals surface area contributed by atoms with Crippen LogP contribution in [0.2, 0.25) is 0 Å². The number of hydrogen-bond acceptors (Lipinski definition) is 4. The van der Waals surface area contributed by atoms with E-state index in [2.05, 4.69) is 26.5 Å². The van der Waals surface area contributed by atoms with Gasteiger partial charge in [0.25, 0.3) is 5.91 Å². The van der Waals surface area contributed by atoms with Crippen molar-refractivity contribution >= 4 is 33.2 Å². The predicted octanol–water partition coefficient (Wildman–Crippen LogP) is 1.36. The van der Waals surface area contributed by atoms with Crippen LogP contribution in [0.5, 0.6) is 0 Å². The largest absolute Gasteiger partial charge is 0.364 e. The van der Waals surface area contributed by atoms with E-state index >= 15 is 0 Å². The fourth-order valence-corrected chi connectivity index (χ4v) is 1.17. The Morgan fingerprint density at radius 2 is 2.31 bits per heavy atom. The maximum absolute atomic E-state index is 12.8. The number of hydrazone groups is 1. The molecule has 0 unspecified atom stereocenters. The Morgan fingerprint density at radius 1 is 1.62 bits per heavy atom. The molecule has 1 rings (SSSR count). The zero-order valence-corrected chi connectivity index (χ0v) is 9.45. The van der Waals surface area contributed by atoms with Gasteiger partial charge in [-0.3, -0.25) is 10.2 Å². The molecule has 0 radical (unpaired) electrons. The van der Waals surface area contributed by atoms with Gasteiger partial charge in [0.15, 0.2) is 0 Å². The van der Waals surface area contributed by atoms with Crippen molar-refractivity contribution in [3.05, 3.63) is 28.5 Å². The number of amides is 1. The number of nitrogens with two attached hydrogens (primary N) is 1. The molecule has 0 aliphatic heterocycles. The van der Waals surface area contributed by atoms with Crippen LogP contribution in [-0.4, -0.2) is 11.6 Å². The van der Waals surface area contributed by atoms with Crippen molar-refractivity contribution in [3.63, 3.8) is 0 Å². The first-order valence-electron chi connectivity index (χ1n) is 4.03. The van der Waals surface area contributed by atoms with Gasteiger partial charge in [0.05, 0.1) is 5.69 Å². The second kappa shape index (κ2) is 5.23. The molecule has 7 heteroatoms. The molecule has 0 saturated carbocycles. The lowest BCUT2D eigenvalue weighted by atomic mass is 10.3. The van der Waals surface area contributed by atoms with Crippen molar-refractivity contribution in [1.29, 1.82) is 5.26 Å². The van der Waals surface area contributed by atoms with Crippen LogP contribution in [0, 0.1) is 17.1 Å². The molecule has 0 heterocycles. The van der Waals surface area contributed by atoms with Crippen LogP contribution in [0.25, 0.3) is 0 Å². The molecular weight excluding hydrogens is 279 g/mol. The van der Waals surface area contributed by atoms with E-state index in [1.54, 1.807) is 0 Å². The summed E-state index contributed by atoms with van der Waals surface area (Å²) in [4.78, 5) is 10.6. The molecule has 0 aliphatic carbocycles. The summed E-state index contributed by atoms with van der Waals surface area (Å²) >= 11 is 3.14. The Bertz CT molecular complexity index is 495. The molecule has 1 aromatic carbocycles. The van der Waals surface area contributed by atoms with Crippen molar-refractivity contribution < 1.29 is 9.18 Å². The second-order valence-electron chi connectivity index (χ2n) is 2.67. The molecule has 0 aliphatic rings. The van der Waals surface area contributed by atoms with Gasteiger partial charge in [0, 0.05) is 4.47 Å². The van der Waals surface area contributed by atoms with Gasteiger partial charge in [-0.05, 0) is 34.1 Å². The van der Waals surface area contributed by atoms with Crippen molar-refractivity contribution in [2.45, 2.75) is 0 Å². The summed E-state index contributed by atoms with van der Waals surface area (Å²) in [6.07, 6.45) is 0. The first kappa shape index (κ1) is 12.1. The Labute approximate surface area is 98.9 Å². The van der Waals surface area contributed by atoms with E-state index in [1.165, 1.54) is 18.2 Å². The number of halogens is 2. The lowest BCUT2D eigenvalue weighted by Crippen LogP contribution is -2.22. The molecule has 5 nitrogen and oxygen atoms in total. The lowest BCUT2D eigenvalue weighted by molar-refractivity contribution is -0.111. The first-order chi connectivity index (χ1) is 7.54. The van der Waals surface area contributed by atoms with Gasteiger partial charge in [-0.25, -0.2) is 4.39 Å². The smallest absolute Gasteiger partial charge is 0.280 e. The number of nitrogens with zero attached hydrogens (tertiary/aromatic N) is 2. The third-order valence-electron chi connectivity index (χ3n) is 1.56. The summed E-state index contributed by atoms with van der Waals surface area (Å²) in [5.41, 5.74) is 7.02. The lowest BCUT2D eigenvalue weighted by Gasteiger charge is -2.03. The minimum absolute atomic E-state index is 0.286. The normalized spacial score (nSPS) is 10.7. The zero-order valence-electron chi connectivity index (χ0n) is 7.87. The van der Waals surface area contributed by atoms with E-state index in [0.717, 1.165) is 6.07 Å². The SMILES string of the molecule is N#CC(=NNc1cc(F)ccc1Br)C(N)=O. The van der Waals surface area contributed by atoms with Gasteiger partial charge in [0.1, 0.15) is 11.9 Å². The molecular formula is C9H6BrFN4O. The van der Waals surface area contributed by atoms with Gasteiger partial charge in [-0.15, -0.1) is 0 Å². The number of nitriles is 1. The molecule has 0 saturated heterocycles. The van der Waals surface area contributed by atoms with Crippen molar-refractivity contribution in [2.24, 2.45) is 10.8 Å². The summed E-state index contributed by atoms with van der Waals surface area (Å²) in [5.74, 6) is -1.43. The molecule has 82 valence electrons. The van der Waals surface area contributed by atoms with E-state index in [0.29, 0.717) is 4.47 Å². The number of carbonyl (C=O) groups excluding carboxylic acids is 1. The third-order valence-corrected chi connectivity index (χ3v) is 2.25. The minimum atomic E-state index is -0.956. The van der Waals surface area contributed by atoms with E-state index in [1.807, 2.05) is 0 Å². The number of primary amides is 1. The Kier molecular flexibility index (Phi) is 3.96. The first-order valence-corrected chi connectivity index (χ1v) is 4.82. The fraction of sp³-hybridized carbons (Fsp3) is 0. The Morgan fingerprint density at radius 3 is 2.88 bits per heavy atom. The fourth-order valence-electron chi connectivity index (χ4n) is 0.834. The summed E-state index contributed by atoms with van der Waals surface area (Å²) in [6.45, 7) is 0. The monoisotopic (exact) mass is 284 g/mol. The van der Waals surface area contributed by atoms with Crippen LogP contribution in [0.15, 0.2) is 27.8 Å². The van der Waals surface area contributed by atoms with Crippen LogP contribution in [0.3, 0.4) is 0 Å². The summed E-state index contributed by atoms with van der Waals surface area (Å²) in [5, 5.41) is 11.9. The third kappa shape index (κ3) is 3.03. The molecule has 16 heavy (non-hydrogen) atoms. The topological polar surface area (TPSA) is 91.3 Å². The van der Waals surface area contributed by atoms with E-state index in [9.17, 15) is 9.18 Å². The second-order valence-corrected chi connectivity index (χ2v) is 3.53. The predicted molar refractivity (Wildman–Crippen MR) is 60.0 cm³/mol. The molecule has 0 fully saturated rings. The molecule has 0 bridgehead atoms. The average molecular weight is 285 g/mol. The molecule has 3 N–H and O–H groups in total. The maximum atomic E-state index is 12.8. The average Bonchev–Trinajstić information content (AvgIpc) is 2.23.